The average Bonchev–Trinajstić information content (AvgIpc) is 2.75. The molecule has 2 heterocycles. The molecule has 2 rings (SSSR count). The lowest BCUT2D eigenvalue weighted by atomic mass is 10.1. The maximum atomic E-state index is 5.98. The molecule has 0 aromatic carbocycles. The smallest absolute Gasteiger partial charge is 0.230 e. The van der Waals surface area contributed by atoms with Crippen LogP contribution in [0.25, 0.3) is 0 Å². The maximum Gasteiger partial charge on any atom is 0.230 e. The minimum Gasteiger partial charge on any atom is -0.424 e. The average molecular weight is 269 g/mol. The Morgan fingerprint density at radius 3 is 2.74 bits per heavy atom. The Kier molecular flexibility index (Phi) is 4.54. The molecule has 1 atom stereocenters. The molecule has 0 N–H and O–H groups in total. The third-order valence-electron chi connectivity index (χ3n) is 3.07. The van der Waals surface area contributed by atoms with E-state index >= 15 is 0 Å². The van der Waals surface area contributed by atoms with Crippen molar-refractivity contribution in [2.75, 3.05) is 26.8 Å². The Labute approximate surface area is 114 Å². The van der Waals surface area contributed by atoms with E-state index < -0.39 is 0 Å². The molecule has 19 heavy (non-hydrogen) atoms. The molecular weight excluding hydrogens is 246 g/mol. The number of hydrogen-bond donors (Lipinski definition) is 0. The highest BCUT2D eigenvalue weighted by Crippen LogP contribution is 2.22. The Hall–Kier alpha value is -0.980. The summed E-state index contributed by atoms with van der Waals surface area (Å²) >= 11 is 0. The van der Waals surface area contributed by atoms with Crippen LogP contribution in [-0.4, -0.2) is 53.6 Å². The summed E-state index contributed by atoms with van der Waals surface area (Å²) in [5.41, 5.74) is -0.185. The summed E-state index contributed by atoms with van der Waals surface area (Å²) in [4.78, 5) is 2.28. The zero-order chi connectivity index (χ0) is 13.9. The maximum absolute atomic E-state index is 5.98. The van der Waals surface area contributed by atoms with Gasteiger partial charge in [-0.3, -0.25) is 4.90 Å². The van der Waals surface area contributed by atoms with Crippen molar-refractivity contribution in [2.24, 2.45) is 0 Å². The molecule has 108 valence electrons. The number of hydrogen-bond acceptors (Lipinski definition) is 6. The van der Waals surface area contributed by atoms with Crippen LogP contribution in [0.4, 0.5) is 0 Å². The number of aromatic nitrogens is 2. The van der Waals surface area contributed by atoms with Crippen LogP contribution in [0.2, 0.25) is 0 Å². The van der Waals surface area contributed by atoms with Crippen molar-refractivity contribution < 1.29 is 13.9 Å². The lowest BCUT2D eigenvalue weighted by Gasteiger charge is -2.42. The van der Waals surface area contributed by atoms with E-state index in [-0.39, 0.29) is 11.7 Å². The van der Waals surface area contributed by atoms with E-state index in [2.05, 4.69) is 28.9 Å². The second-order valence-corrected chi connectivity index (χ2v) is 5.57. The van der Waals surface area contributed by atoms with Gasteiger partial charge in [-0.15, -0.1) is 10.2 Å². The van der Waals surface area contributed by atoms with Gasteiger partial charge in [0.05, 0.1) is 24.9 Å². The molecule has 1 aliphatic heterocycles. The summed E-state index contributed by atoms with van der Waals surface area (Å²) < 4.78 is 16.7. The predicted molar refractivity (Wildman–Crippen MR) is 69.8 cm³/mol. The van der Waals surface area contributed by atoms with Crippen molar-refractivity contribution in [3.05, 3.63) is 11.8 Å². The quantitative estimate of drug-likeness (QED) is 0.802. The number of morpholine rings is 1. The Balaban J connectivity index is 1.98. The van der Waals surface area contributed by atoms with E-state index in [1.165, 1.54) is 0 Å². The van der Waals surface area contributed by atoms with Gasteiger partial charge in [0.1, 0.15) is 0 Å². The second kappa shape index (κ2) is 5.98. The van der Waals surface area contributed by atoms with Crippen molar-refractivity contribution in [1.82, 2.24) is 15.1 Å². The molecule has 1 fully saturated rings. The van der Waals surface area contributed by atoms with Gasteiger partial charge in [-0.05, 0) is 13.8 Å². The van der Waals surface area contributed by atoms with Gasteiger partial charge in [-0.25, -0.2) is 0 Å². The third kappa shape index (κ3) is 3.99. The molecule has 6 heteroatoms. The Morgan fingerprint density at radius 1 is 1.37 bits per heavy atom. The summed E-state index contributed by atoms with van der Waals surface area (Å²) in [6.45, 7) is 9.12. The number of rotatable bonds is 5. The van der Waals surface area contributed by atoms with Gasteiger partial charge in [0.25, 0.3) is 0 Å². The topological polar surface area (TPSA) is 60.6 Å². The van der Waals surface area contributed by atoms with Gasteiger partial charge < -0.3 is 13.9 Å². The minimum atomic E-state index is -0.185. The summed E-state index contributed by atoms with van der Waals surface area (Å²) in [6, 6.07) is 0. The van der Waals surface area contributed by atoms with Gasteiger partial charge in [0, 0.05) is 26.6 Å². The lowest BCUT2D eigenvalue weighted by Crippen LogP contribution is -2.53. The first-order chi connectivity index (χ1) is 9.02. The molecule has 0 radical (unpaired) electrons. The first kappa shape index (κ1) is 14.4. The predicted octanol–water partition coefficient (Wildman–Crippen LogP) is 1.26. The van der Waals surface area contributed by atoms with Crippen molar-refractivity contribution in [2.45, 2.75) is 45.4 Å². The van der Waals surface area contributed by atoms with E-state index in [1.54, 1.807) is 7.11 Å². The first-order valence-electron chi connectivity index (χ1n) is 6.73. The molecule has 0 bridgehead atoms. The highest BCUT2D eigenvalue weighted by Gasteiger charge is 2.33. The van der Waals surface area contributed by atoms with Gasteiger partial charge in [-0.2, -0.15) is 0 Å². The van der Waals surface area contributed by atoms with Crippen LogP contribution >= 0.6 is 0 Å². The number of aryl methyl sites for hydroxylation is 1. The van der Waals surface area contributed by atoms with Crippen molar-refractivity contribution in [1.29, 1.82) is 0 Å². The fourth-order valence-corrected chi connectivity index (χ4v) is 2.50. The van der Waals surface area contributed by atoms with Gasteiger partial charge in [0.2, 0.25) is 11.8 Å². The zero-order valence-electron chi connectivity index (χ0n) is 12.2. The van der Waals surface area contributed by atoms with E-state index in [0.29, 0.717) is 24.9 Å². The van der Waals surface area contributed by atoms with Gasteiger partial charge >= 0.3 is 0 Å². The third-order valence-corrected chi connectivity index (χ3v) is 3.07. The Bertz CT molecular complexity index is 406. The summed E-state index contributed by atoms with van der Waals surface area (Å²) in [7, 11) is 1.70. The fourth-order valence-electron chi connectivity index (χ4n) is 2.50. The van der Waals surface area contributed by atoms with E-state index in [9.17, 15) is 0 Å². The molecule has 0 amide bonds. The Morgan fingerprint density at radius 2 is 2.11 bits per heavy atom. The van der Waals surface area contributed by atoms with Crippen LogP contribution in [-0.2, 0) is 22.4 Å². The SMILES string of the molecule is CCc1nnc(CN2C[C@H](COC)OC(C)(C)C2)o1. The highest BCUT2D eigenvalue weighted by atomic mass is 16.5. The molecule has 1 aliphatic rings. The lowest BCUT2D eigenvalue weighted by molar-refractivity contribution is -0.155. The summed E-state index contributed by atoms with van der Waals surface area (Å²) in [5, 5.41) is 8.06. The number of methoxy groups -OCH3 is 1. The molecule has 1 aromatic rings. The zero-order valence-corrected chi connectivity index (χ0v) is 12.2. The standard InChI is InChI=1S/C13H23N3O3/c1-5-11-14-15-12(18-11)7-16-6-10(8-17-4)19-13(2,3)9-16/h10H,5-9H2,1-4H3/t10-/m1/s1. The van der Waals surface area contributed by atoms with Crippen LogP contribution in [0.15, 0.2) is 4.42 Å². The molecule has 0 aliphatic carbocycles. The summed E-state index contributed by atoms with van der Waals surface area (Å²) in [6.07, 6.45) is 0.857. The molecule has 1 aromatic heterocycles. The van der Waals surface area contributed by atoms with E-state index in [0.717, 1.165) is 19.5 Å². The van der Waals surface area contributed by atoms with Gasteiger partial charge in [0.15, 0.2) is 0 Å². The second-order valence-electron chi connectivity index (χ2n) is 5.57. The molecule has 0 spiro atoms. The molecule has 1 saturated heterocycles. The largest absolute Gasteiger partial charge is 0.424 e. The van der Waals surface area contributed by atoms with Crippen molar-refractivity contribution >= 4 is 0 Å². The molecule has 6 nitrogen and oxygen atoms in total. The molecule has 0 unspecified atom stereocenters. The summed E-state index contributed by atoms with van der Waals surface area (Å²) in [5.74, 6) is 1.36. The minimum absolute atomic E-state index is 0.0855. The molecular formula is C13H23N3O3. The normalized spacial score (nSPS) is 23.7. The van der Waals surface area contributed by atoms with Crippen LogP contribution in [0.3, 0.4) is 0 Å². The van der Waals surface area contributed by atoms with Crippen LogP contribution in [0, 0.1) is 0 Å². The molecule has 0 saturated carbocycles. The van der Waals surface area contributed by atoms with Crippen LogP contribution in [0.1, 0.15) is 32.6 Å². The van der Waals surface area contributed by atoms with Gasteiger partial charge in [-0.1, -0.05) is 6.92 Å². The van der Waals surface area contributed by atoms with E-state index in [1.807, 2.05) is 6.92 Å². The van der Waals surface area contributed by atoms with Crippen LogP contribution < -0.4 is 0 Å². The highest BCUT2D eigenvalue weighted by molar-refractivity contribution is 4.88. The number of ether oxygens (including phenoxy) is 2. The van der Waals surface area contributed by atoms with Crippen molar-refractivity contribution in [3.63, 3.8) is 0 Å². The van der Waals surface area contributed by atoms with Crippen LogP contribution in [0.5, 0.6) is 0 Å². The first-order valence-corrected chi connectivity index (χ1v) is 6.73. The van der Waals surface area contributed by atoms with Crippen molar-refractivity contribution in [3.8, 4) is 0 Å². The fraction of sp³-hybridized carbons (Fsp3) is 0.846. The monoisotopic (exact) mass is 269 g/mol. The van der Waals surface area contributed by atoms with E-state index in [4.69, 9.17) is 13.9 Å². The number of nitrogens with zero attached hydrogens (tertiary/aromatic N) is 3.